The fraction of sp³-hybridized carbons (Fsp3) is 0.667. The van der Waals surface area contributed by atoms with E-state index in [9.17, 15) is 4.79 Å². The Balaban J connectivity index is 2.11. The molecule has 1 rings (SSSR count). The van der Waals surface area contributed by atoms with Crippen molar-refractivity contribution in [3.63, 3.8) is 0 Å². The second-order valence-corrected chi connectivity index (χ2v) is 5.93. The van der Waals surface area contributed by atoms with Gasteiger partial charge in [-0.1, -0.05) is 39.2 Å². The molecule has 0 amide bonds. The first-order valence-corrected chi connectivity index (χ1v) is 8.51. The molecule has 0 spiro atoms. The quantitative estimate of drug-likeness (QED) is 0.256. The van der Waals surface area contributed by atoms with Gasteiger partial charge in [0, 0.05) is 12.0 Å². The number of carbonyl (C=O) groups excluding carboxylic acids is 1. The first-order chi connectivity index (χ1) is 10.6. The van der Waals surface area contributed by atoms with E-state index in [0.717, 1.165) is 19.5 Å². The molecular formula is C18H31N2O2+. The fourth-order valence-electron chi connectivity index (χ4n) is 2.31. The maximum atomic E-state index is 11.2. The second-order valence-electron chi connectivity index (χ2n) is 5.93. The Hall–Kier alpha value is -1.58. The van der Waals surface area contributed by atoms with Gasteiger partial charge in [-0.15, -0.1) is 0 Å². The molecule has 0 saturated carbocycles. The Bertz CT molecular complexity index is 452. The first kappa shape index (κ1) is 18.5. The third kappa shape index (κ3) is 8.01. The minimum Gasteiger partial charge on any atom is -0.462 e. The molecule has 124 valence electrons. The number of ether oxygens (including phenoxy) is 1. The number of imidazole rings is 1. The van der Waals surface area contributed by atoms with E-state index in [4.69, 9.17) is 4.74 Å². The summed E-state index contributed by atoms with van der Waals surface area (Å²) in [6.45, 7) is 9.88. The van der Waals surface area contributed by atoms with Crippen LogP contribution in [0.1, 0.15) is 58.8 Å². The van der Waals surface area contributed by atoms with E-state index in [1.165, 1.54) is 38.5 Å². The Kier molecular flexibility index (Phi) is 9.28. The summed E-state index contributed by atoms with van der Waals surface area (Å²) >= 11 is 0. The predicted octanol–water partition coefficient (Wildman–Crippen LogP) is 3.65. The number of nitrogens with zero attached hydrogens (tertiary/aromatic N) is 2. The molecule has 0 aliphatic carbocycles. The van der Waals surface area contributed by atoms with Gasteiger partial charge >= 0.3 is 5.97 Å². The highest BCUT2D eigenvalue weighted by Gasteiger charge is 2.05. The Labute approximate surface area is 134 Å². The predicted molar refractivity (Wildman–Crippen MR) is 88.4 cm³/mol. The zero-order valence-electron chi connectivity index (χ0n) is 14.2. The molecule has 0 aliphatic heterocycles. The maximum absolute atomic E-state index is 11.2. The van der Waals surface area contributed by atoms with Crippen LogP contribution in [-0.2, 0) is 22.6 Å². The lowest BCUT2D eigenvalue weighted by atomic mass is 10.1. The van der Waals surface area contributed by atoms with Crippen molar-refractivity contribution in [1.82, 2.24) is 4.57 Å². The summed E-state index contributed by atoms with van der Waals surface area (Å²) in [6, 6.07) is 0. The topological polar surface area (TPSA) is 35.1 Å². The molecule has 0 atom stereocenters. The van der Waals surface area contributed by atoms with E-state index in [2.05, 4.69) is 41.4 Å². The highest BCUT2D eigenvalue weighted by Crippen LogP contribution is 2.05. The van der Waals surface area contributed by atoms with Crippen LogP contribution in [0.3, 0.4) is 0 Å². The molecule has 0 unspecified atom stereocenters. The summed E-state index contributed by atoms with van der Waals surface area (Å²) in [7, 11) is 0. The molecule has 0 bridgehead atoms. The zero-order chi connectivity index (χ0) is 16.2. The Morgan fingerprint density at radius 2 is 1.91 bits per heavy atom. The number of esters is 1. The fourth-order valence-corrected chi connectivity index (χ4v) is 2.31. The molecule has 1 aromatic rings. The van der Waals surface area contributed by atoms with Gasteiger partial charge in [-0.3, -0.25) is 0 Å². The van der Waals surface area contributed by atoms with Gasteiger partial charge in [0.1, 0.15) is 12.4 Å². The maximum Gasteiger partial charge on any atom is 0.333 e. The molecule has 4 nitrogen and oxygen atoms in total. The number of hydrogen-bond donors (Lipinski definition) is 0. The number of aryl methyl sites for hydroxylation is 2. The molecule has 0 aliphatic rings. The minimum absolute atomic E-state index is 0.300. The molecule has 4 heteroatoms. The van der Waals surface area contributed by atoms with Crippen molar-refractivity contribution in [3.05, 3.63) is 30.9 Å². The lowest BCUT2D eigenvalue weighted by molar-refractivity contribution is -0.697. The van der Waals surface area contributed by atoms with Crippen LogP contribution in [0.4, 0.5) is 0 Å². The molecule has 0 N–H and O–H groups in total. The lowest BCUT2D eigenvalue weighted by Gasteiger charge is -2.02. The summed E-state index contributed by atoms with van der Waals surface area (Å²) < 4.78 is 9.47. The third-order valence-corrected chi connectivity index (χ3v) is 3.66. The third-order valence-electron chi connectivity index (χ3n) is 3.66. The van der Waals surface area contributed by atoms with Crippen LogP contribution in [0.2, 0.25) is 0 Å². The Morgan fingerprint density at radius 3 is 2.64 bits per heavy atom. The van der Waals surface area contributed by atoms with E-state index in [1.54, 1.807) is 6.92 Å². The van der Waals surface area contributed by atoms with Crippen LogP contribution >= 0.6 is 0 Å². The molecule has 1 aromatic heterocycles. The number of hydrogen-bond acceptors (Lipinski definition) is 2. The summed E-state index contributed by atoms with van der Waals surface area (Å²) in [5.41, 5.74) is 0.456. The first-order valence-electron chi connectivity index (χ1n) is 8.51. The number of aromatic nitrogens is 2. The van der Waals surface area contributed by atoms with E-state index >= 15 is 0 Å². The van der Waals surface area contributed by atoms with Crippen molar-refractivity contribution in [2.75, 3.05) is 6.61 Å². The number of rotatable bonds is 12. The van der Waals surface area contributed by atoms with Crippen LogP contribution < -0.4 is 4.57 Å². The van der Waals surface area contributed by atoms with Crippen molar-refractivity contribution >= 4 is 5.97 Å². The smallest absolute Gasteiger partial charge is 0.333 e. The van der Waals surface area contributed by atoms with Gasteiger partial charge in [-0.25, -0.2) is 13.9 Å². The van der Waals surface area contributed by atoms with Gasteiger partial charge in [0.15, 0.2) is 0 Å². The number of unbranched alkanes of at least 4 members (excludes halogenated alkanes) is 5. The summed E-state index contributed by atoms with van der Waals surface area (Å²) in [5, 5.41) is 0. The van der Waals surface area contributed by atoms with E-state index in [-0.39, 0.29) is 5.97 Å². The van der Waals surface area contributed by atoms with Gasteiger partial charge in [-0.2, -0.15) is 0 Å². The van der Waals surface area contributed by atoms with Gasteiger partial charge in [0.05, 0.1) is 19.7 Å². The van der Waals surface area contributed by atoms with Crippen LogP contribution in [0, 0.1) is 0 Å². The number of carbonyl (C=O) groups is 1. The van der Waals surface area contributed by atoms with Crippen LogP contribution in [-0.4, -0.2) is 17.1 Å². The van der Waals surface area contributed by atoms with Crippen molar-refractivity contribution in [2.24, 2.45) is 0 Å². The van der Waals surface area contributed by atoms with Crippen molar-refractivity contribution in [3.8, 4) is 0 Å². The standard InChI is InChI=1S/C18H31N2O2/c1-4-5-6-7-8-9-11-19-13-14-20(16-19)12-10-15-22-18(21)17(2)3/h13-14,16H,2,4-12,15H2,1,3H3/q+1. The normalized spacial score (nSPS) is 10.6. The van der Waals surface area contributed by atoms with E-state index < -0.39 is 0 Å². The van der Waals surface area contributed by atoms with Crippen molar-refractivity contribution < 1.29 is 14.1 Å². The molecule has 0 aromatic carbocycles. The largest absolute Gasteiger partial charge is 0.462 e. The van der Waals surface area contributed by atoms with E-state index in [1.807, 2.05) is 0 Å². The SMILES string of the molecule is C=C(C)C(=O)OCCC[n+]1ccn(CCCCCCCC)c1. The van der Waals surface area contributed by atoms with Crippen molar-refractivity contribution in [2.45, 2.75) is 71.9 Å². The lowest BCUT2D eigenvalue weighted by Crippen LogP contribution is -2.31. The second kappa shape index (κ2) is 11.0. The van der Waals surface area contributed by atoms with Crippen LogP contribution in [0.25, 0.3) is 0 Å². The zero-order valence-corrected chi connectivity index (χ0v) is 14.2. The van der Waals surface area contributed by atoms with Crippen molar-refractivity contribution in [1.29, 1.82) is 0 Å². The van der Waals surface area contributed by atoms with E-state index in [0.29, 0.717) is 12.2 Å². The molecular weight excluding hydrogens is 276 g/mol. The molecule has 0 radical (unpaired) electrons. The monoisotopic (exact) mass is 307 g/mol. The molecule has 0 saturated heterocycles. The summed E-state index contributed by atoms with van der Waals surface area (Å²) in [4.78, 5) is 11.2. The summed E-state index contributed by atoms with van der Waals surface area (Å²) in [6.07, 6.45) is 15.1. The summed E-state index contributed by atoms with van der Waals surface area (Å²) in [5.74, 6) is -0.300. The van der Waals surface area contributed by atoms with Gasteiger partial charge in [0.2, 0.25) is 6.33 Å². The van der Waals surface area contributed by atoms with Gasteiger partial charge < -0.3 is 4.74 Å². The van der Waals surface area contributed by atoms with Crippen LogP contribution in [0.15, 0.2) is 30.9 Å². The van der Waals surface area contributed by atoms with Gasteiger partial charge in [-0.05, 0) is 19.8 Å². The molecule has 1 heterocycles. The van der Waals surface area contributed by atoms with Crippen LogP contribution in [0.5, 0.6) is 0 Å². The minimum atomic E-state index is -0.300. The molecule has 0 fully saturated rings. The highest BCUT2D eigenvalue weighted by molar-refractivity contribution is 5.86. The Morgan fingerprint density at radius 1 is 1.18 bits per heavy atom. The average molecular weight is 307 g/mol. The van der Waals surface area contributed by atoms with Gasteiger partial charge in [0.25, 0.3) is 0 Å². The highest BCUT2D eigenvalue weighted by atomic mass is 16.5. The average Bonchev–Trinajstić information content (AvgIpc) is 2.94. The molecule has 22 heavy (non-hydrogen) atoms.